The summed E-state index contributed by atoms with van der Waals surface area (Å²) in [6.07, 6.45) is 2.32. The fourth-order valence-electron chi connectivity index (χ4n) is 3.23. The second-order valence-electron chi connectivity index (χ2n) is 6.98. The standard InChI is InChI=1S/C20H21F3N2O3S/c1-13(14-5-7-16(21)18(23)11-14)24-20(26)15-6-8-17(22)19(12-15)29(27,28)25-9-3-2-4-10-25/h5-8,11-13H,2-4,9-10H2,1H3,(H,24,26)/t13-/m0/s1. The predicted molar refractivity (Wildman–Crippen MR) is 101 cm³/mol. The van der Waals surface area contributed by atoms with E-state index < -0.39 is 44.3 Å². The zero-order valence-electron chi connectivity index (χ0n) is 15.8. The Morgan fingerprint density at radius 2 is 1.62 bits per heavy atom. The van der Waals surface area contributed by atoms with Crippen LogP contribution in [-0.2, 0) is 10.0 Å². The minimum Gasteiger partial charge on any atom is -0.346 e. The molecule has 1 atom stereocenters. The Morgan fingerprint density at radius 3 is 2.28 bits per heavy atom. The highest BCUT2D eigenvalue weighted by Gasteiger charge is 2.29. The van der Waals surface area contributed by atoms with Gasteiger partial charge in [-0.05, 0) is 55.7 Å². The van der Waals surface area contributed by atoms with Gasteiger partial charge in [0.1, 0.15) is 10.7 Å². The number of halogens is 3. The van der Waals surface area contributed by atoms with Crippen LogP contribution >= 0.6 is 0 Å². The molecule has 1 N–H and O–H groups in total. The van der Waals surface area contributed by atoms with Crippen molar-refractivity contribution in [3.8, 4) is 0 Å². The van der Waals surface area contributed by atoms with Crippen LogP contribution in [0.25, 0.3) is 0 Å². The lowest BCUT2D eigenvalue weighted by Gasteiger charge is -2.26. The van der Waals surface area contributed by atoms with Crippen molar-refractivity contribution < 1.29 is 26.4 Å². The number of carbonyl (C=O) groups excluding carboxylic acids is 1. The van der Waals surface area contributed by atoms with Crippen molar-refractivity contribution in [2.75, 3.05) is 13.1 Å². The lowest BCUT2D eigenvalue weighted by molar-refractivity contribution is 0.0939. The maximum absolute atomic E-state index is 14.3. The van der Waals surface area contributed by atoms with Crippen LogP contribution in [-0.4, -0.2) is 31.7 Å². The zero-order valence-corrected chi connectivity index (χ0v) is 16.6. The average molecular weight is 426 g/mol. The van der Waals surface area contributed by atoms with E-state index in [2.05, 4.69) is 5.32 Å². The van der Waals surface area contributed by atoms with Gasteiger partial charge in [-0.25, -0.2) is 21.6 Å². The van der Waals surface area contributed by atoms with Gasteiger partial charge in [0, 0.05) is 18.7 Å². The summed E-state index contributed by atoms with van der Waals surface area (Å²) in [6, 6.07) is 5.70. The van der Waals surface area contributed by atoms with Crippen molar-refractivity contribution in [1.82, 2.24) is 9.62 Å². The van der Waals surface area contributed by atoms with Crippen molar-refractivity contribution in [2.45, 2.75) is 37.1 Å². The second-order valence-corrected chi connectivity index (χ2v) is 8.88. The van der Waals surface area contributed by atoms with Crippen LogP contribution in [0.2, 0.25) is 0 Å². The molecule has 156 valence electrons. The monoisotopic (exact) mass is 426 g/mol. The third-order valence-corrected chi connectivity index (χ3v) is 6.83. The molecule has 1 amide bonds. The van der Waals surface area contributed by atoms with Crippen molar-refractivity contribution in [1.29, 1.82) is 0 Å². The van der Waals surface area contributed by atoms with Crippen LogP contribution in [0.1, 0.15) is 48.1 Å². The Labute approximate surface area is 167 Å². The molecule has 0 saturated carbocycles. The third kappa shape index (κ3) is 4.62. The van der Waals surface area contributed by atoms with E-state index in [4.69, 9.17) is 0 Å². The lowest BCUT2D eigenvalue weighted by atomic mass is 10.1. The van der Waals surface area contributed by atoms with E-state index in [1.807, 2.05) is 0 Å². The van der Waals surface area contributed by atoms with Gasteiger partial charge >= 0.3 is 0 Å². The summed E-state index contributed by atoms with van der Waals surface area (Å²) in [5, 5.41) is 2.58. The van der Waals surface area contributed by atoms with Gasteiger partial charge in [-0.2, -0.15) is 4.31 Å². The molecule has 5 nitrogen and oxygen atoms in total. The van der Waals surface area contributed by atoms with Crippen LogP contribution in [0, 0.1) is 17.5 Å². The summed E-state index contributed by atoms with van der Waals surface area (Å²) in [5.74, 6) is -3.63. The maximum atomic E-state index is 14.3. The lowest BCUT2D eigenvalue weighted by Crippen LogP contribution is -2.36. The van der Waals surface area contributed by atoms with Gasteiger partial charge in [0.05, 0.1) is 6.04 Å². The average Bonchev–Trinajstić information content (AvgIpc) is 2.70. The molecule has 0 radical (unpaired) electrons. The molecule has 0 bridgehead atoms. The van der Waals surface area contributed by atoms with Gasteiger partial charge in [0.15, 0.2) is 11.6 Å². The van der Waals surface area contributed by atoms with Gasteiger partial charge in [-0.3, -0.25) is 4.79 Å². The number of sulfonamides is 1. The Bertz CT molecular complexity index is 1020. The smallest absolute Gasteiger partial charge is 0.251 e. The molecule has 1 heterocycles. The van der Waals surface area contributed by atoms with Gasteiger partial charge < -0.3 is 5.32 Å². The largest absolute Gasteiger partial charge is 0.346 e. The predicted octanol–water partition coefficient (Wildman–Crippen LogP) is 3.77. The van der Waals surface area contributed by atoms with E-state index in [-0.39, 0.29) is 5.56 Å². The van der Waals surface area contributed by atoms with Crippen LogP contribution in [0.15, 0.2) is 41.3 Å². The van der Waals surface area contributed by atoms with Crippen LogP contribution < -0.4 is 5.32 Å². The first kappa shape index (κ1) is 21.3. The Morgan fingerprint density at radius 1 is 0.966 bits per heavy atom. The minimum absolute atomic E-state index is 0.0450. The Hall–Kier alpha value is -2.39. The summed E-state index contributed by atoms with van der Waals surface area (Å²) < 4.78 is 67.5. The molecule has 29 heavy (non-hydrogen) atoms. The molecule has 1 saturated heterocycles. The summed E-state index contributed by atoms with van der Waals surface area (Å²) in [4.78, 5) is 12.0. The van der Waals surface area contributed by atoms with Crippen LogP contribution in [0.5, 0.6) is 0 Å². The summed E-state index contributed by atoms with van der Waals surface area (Å²) in [5.41, 5.74) is 0.289. The SMILES string of the molecule is C[C@H](NC(=O)c1ccc(F)c(S(=O)(=O)N2CCCCC2)c1)c1ccc(F)c(F)c1. The number of nitrogens with one attached hydrogen (secondary N) is 1. The Kier molecular flexibility index (Phi) is 6.28. The molecule has 3 rings (SSSR count). The number of hydrogen-bond donors (Lipinski definition) is 1. The summed E-state index contributed by atoms with van der Waals surface area (Å²) in [6.45, 7) is 2.19. The number of piperidine rings is 1. The van der Waals surface area contributed by atoms with Gasteiger partial charge in [0.2, 0.25) is 10.0 Å². The first-order valence-electron chi connectivity index (χ1n) is 9.25. The number of rotatable bonds is 5. The molecule has 9 heteroatoms. The molecule has 1 aliphatic heterocycles. The van der Waals surface area contributed by atoms with Crippen molar-refractivity contribution >= 4 is 15.9 Å². The highest BCUT2D eigenvalue weighted by atomic mass is 32.2. The van der Waals surface area contributed by atoms with Crippen molar-refractivity contribution in [3.63, 3.8) is 0 Å². The topological polar surface area (TPSA) is 66.5 Å². The molecule has 2 aromatic carbocycles. The quantitative estimate of drug-likeness (QED) is 0.792. The maximum Gasteiger partial charge on any atom is 0.251 e. The number of benzene rings is 2. The normalized spacial score (nSPS) is 16.4. The van der Waals surface area contributed by atoms with Crippen molar-refractivity contribution in [2.24, 2.45) is 0 Å². The van der Waals surface area contributed by atoms with E-state index in [1.54, 1.807) is 6.92 Å². The number of carbonyl (C=O) groups is 1. The van der Waals surface area contributed by atoms with Gasteiger partial charge in [-0.15, -0.1) is 0 Å². The van der Waals surface area contributed by atoms with E-state index in [0.29, 0.717) is 31.5 Å². The molecule has 0 aromatic heterocycles. The molecular formula is C20H21F3N2O3S. The van der Waals surface area contributed by atoms with E-state index in [9.17, 15) is 26.4 Å². The van der Waals surface area contributed by atoms with Crippen LogP contribution in [0.4, 0.5) is 13.2 Å². The minimum atomic E-state index is -4.05. The molecule has 0 unspecified atom stereocenters. The molecule has 0 spiro atoms. The number of nitrogens with zero attached hydrogens (tertiary/aromatic N) is 1. The molecule has 0 aliphatic carbocycles. The Balaban J connectivity index is 1.82. The molecule has 1 fully saturated rings. The molecule has 1 aliphatic rings. The first-order valence-corrected chi connectivity index (χ1v) is 10.7. The first-order chi connectivity index (χ1) is 13.7. The molecular weight excluding hydrogens is 405 g/mol. The van der Waals surface area contributed by atoms with Crippen molar-refractivity contribution in [3.05, 3.63) is 65.0 Å². The zero-order chi connectivity index (χ0) is 21.2. The van der Waals surface area contributed by atoms with E-state index in [0.717, 1.165) is 30.7 Å². The molecule has 2 aromatic rings. The van der Waals surface area contributed by atoms with Crippen LogP contribution in [0.3, 0.4) is 0 Å². The number of amides is 1. The van der Waals surface area contributed by atoms with Gasteiger partial charge in [0.25, 0.3) is 5.91 Å². The highest BCUT2D eigenvalue weighted by molar-refractivity contribution is 7.89. The fourth-order valence-corrected chi connectivity index (χ4v) is 4.84. The third-order valence-electron chi connectivity index (χ3n) is 4.92. The van der Waals surface area contributed by atoms with E-state index >= 15 is 0 Å². The highest BCUT2D eigenvalue weighted by Crippen LogP contribution is 2.24. The fraction of sp³-hybridized carbons (Fsp3) is 0.350. The summed E-state index contributed by atoms with van der Waals surface area (Å²) in [7, 11) is -4.05. The summed E-state index contributed by atoms with van der Waals surface area (Å²) >= 11 is 0. The van der Waals surface area contributed by atoms with E-state index in [1.165, 1.54) is 16.4 Å². The second kappa shape index (κ2) is 8.54. The number of hydrogen-bond acceptors (Lipinski definition) is 3. The van der Waals surface area contributed by atoms with Gasteiger partial charge in [-0.1, -0.05) is 12.5 Å².